The smallest absolute Gasteiger partial charge is 0.337 e. The Kier molecular flexibility index (Phi) is 4.34. The van der Waals surface area contributed by atoms with Gasteiger partial charge in [0.05, 0.1) is 11.3 Å². The molecule has 1 N–H and O–H groups in total. The lowest BCUT2D eigenvalue weighted by atomic mass is 10.1. The van der Waals surface area contributed by atoms with Crippen LogP contribution in [0.4, 0.5) is 0 Å². The highest BCUT2D eigenvalue weighted by atomic mass is 79.9. The number of aromatic nitrogens is 2. The summed E-state index contributed by atoms with van der Waals surface area (Å²) in [6.07, 6.45) is 0.639. The van der Waals surface area contributed by atoms with Crippen LogP contribution in [0.3, 0.4) is 0 Å². The molecule has 0 aliphatic rings. The molecule has 104 valence electrons. The first-order chi connectivity index (χ1) is 9.49. The van der Waals surface area contributed by atoms with E-state index in [2.05, 4.69) is 21.0 Å². The van der Waals surface area contributed by atoms with Crippen LogP contribution in [0.1, 0.15) is 21.6 Å². The minimum absolute atomic E-state index is 0.0489. The Labute approximate surface area is 124 Å². The molecule has 6 heteroatoms. The van der Waals surface area contributed by atoms with Gasteiger partial charge in [-0.25, -0.2) is 9.48 Å². The number of benzene rings is 1. The summed E-state index contributed by atoms with van der Waals surface area (Å²) in [6.45, 7) is 1.99. The molecule has 1 heterocycles. The second-order valence-corrected chi connectivity index (χ2v) is 5.21. The Balaban J connectivity index is 2.23. The van der Waals surface area contributed by atoms with E-state index < -0.39 is 11.5 Å². The molecule has 0 saturated heterocycles. The molecule has 0 aliphatic heterocycles. The third-order valence-corrected chi connectivity index (χ3v) is 3.74. The summed E-state index contributed by atoms with van der Waals surface area (Å²) in [7, 11) is 0. The van der Waals surface area contributed by atoms with Crippen LogP contribution in [-0.4, -0.2) is 20.9 Å². The summed E-state index contributed by atoms with van der Waals surface area (Å²) in [5, 5.41) is 13.0. The van der Waals surface area contributed by atoms with E-state index in [1.807, 2.05) is 24.3 Å². The number of aromatic carboxylic acids is 1. The lowest BCUT2D eigenvalue weighted by molar-refractivity contribution is 0.0695. The van der Waals surface area contributed by atoms with Gasteiger partial charge in [0.1, 0.15) is 0 Å². The highest BCUT2D eigenvalue weighted by Gasteiger charge is 2.11. The summed E-state index contributed by atoms with van der Waals surface area (Å²) < 4.78 is 2.27. The Morgan fingerprint density at radius 2 is 2.10 bits per heavy atom. The van der Waals surface area contributed by atoms with Crippen molar-refractivity contribution in [3.8, 4) is 0 Å². The van der Waals surface area contributed by atoms with E-state index in [9.17, 15) is 9.59 Å². The Hall–Kier alpha value is -1.95. The minimum Gasteiger partial charge on any atom is -0.478 e. The molecule has 0 radical (unpaired) electrons. The number of hydrogen-bond donors (Lipinski definition) is 1. The van der Waals surface area contributed by atoms with Gasteiger partial charge in [0.15, 0.2) is 0 Å². The molecule has 20 heavy (non-hydrogen) atoms. The van der Waals surface area contributed by atoms with Gasteiger partial charge >= 0.3 is 5.97 Å². The predicted molar refractivity (Wildman–Crippen MR) is 78.0 cm³/mol. The van der Waals surface area contributed by atoms with E-state index in [-0.39, 0.29) is 5.56 Å². The van der Waals surface area contributed by atoms with Crippen LogP contribution in [-0.2, 0) is 13.0 Å². The quantitative estimate of drug-likeness (QED) is 0.929. The molecule has 0 fully saturated rings. The maximum Gasteiger partial charge on any atom is 0.337 e. The Morgan fingerprint density at radius 1 is 1.40 bits per heavy atom. The zero-order valence-corrected chi connectivity index (χ0v) is 12.4. The molecule has 2 rings (SSSR count). The van der Waals surface area contributed by atoms with Crippen molar-refractivity contribution in [1.82, 2.24) is 9.78 Å². The molecule has 0 bridgehead atoms. The molecule has 0 aliphatic carbocycles. The SMILES string of the molecule is Cc1nn(CCc2ccccc2Br)c(=O)cc1C(=O)O. The monoisotopic (exact) mass is 336 g/mol. The van der Waals surface area contributed by atoms with E-state index in [1.165, 1.54) is 4.68 Å². The normalized spacial score (nSPS) is 10.5. The van der Waals surface area contributed by atoms with Crippen molar-refractivity contribution >= 4 is 21.9 Å². The van der Waals surface area contributed by atoms with E-state index in [0.29, 0.717) is 18.7 Å². The number of carboxylic acids is 1. The van der Waals surface area contributed by atoms with Crippen LogP contribution in [0.5, 0.6) is 0 Å². The lowest BCUT2D eigenvalue weighted by Gasteiger charge is -2.08. The summed E-state index contributed by atoms with van der Waals surface area (Å²) in [5.74, 6) is -1.13. The number of halogens is 1. The molecule has 0 spiro atoms. The Bertz CT molecular complexity index is 710. The standard InChI is InChI=1S/C14H13BrN2O3/c1-9-11(14(19)20)8-13(18)17(16-9)7-6-10-4-2-3-5-12(10)15/h2-5,8H,6-7H2,1H3,(H,19,20). The van der Waals surface area contributed by atoms with Crippen molar-refractivity contribution in [3.05, 3.63) is 62.0 Å². The summed E-state index contributed by atoms with van der Waals surface area (Å²) >= 11 is 3.45. The van der Waals surface area contributed by atoms with Crippen molar-refractivity contribution in [2.75, 3.05) is 0 Å². The molecule has 2 aromatic rings. The fourth-order valence-corrected chi connectivity index (χ4v) is 2.37. The van der Waals surface area contributed by atoms with Crippen LogP contribution >= 0.6 is 15.9 Å². The number of aryl methyl sites for hydroxylation is 3. The fourth-order valence-electron chi connectivity index (χ4n) is 1.89. The second-order valence-electron chi connectivity index (χ2n) is 4.35. The van der Waals surface area contributed by atoms with Gasteiger partial charge in [-0.15, -0.1) is 0 Å². The number of nitrogens with zero attached hydrogens (tertiary/aromatic N) is 2. The van der Waals surface area contributed by atoms with E-state index in [0.717, 1.165) is 16.1 Å². The molecule has 1 aromatic heterocycles. The molecule has 0 atom stereocenters. The first kappa shape index (κ1) is 14.5. The van der Waals surface area contributed by atoms with Crippen molar-refractivity contribution < 1.29 is 9.90 Å². The van der Waals surface area contributed by atoms with Gasteiger partial charge in [0.2, 0.25) is 0 Å². The molecular weight excluding hydrogens is 324 g/mol. The second kappa shape index (κ2) is 6.00. The fraction of sp³-hybridized carbons (Fsp3) is 0.214. The Morgan fingerprint density at radius 3 is 2.75 bits per heavy atom. The third kappa shape index (κ3) is 3.14. The third-order valence-electron chi connectivity index (χ3n) is 2.96. The maximum atomic E-state index is 11.8. The molecule has 0 unspecified atom stereocenters. The highest BCUT2D eigenvalue weighted by Crippen LogP contribution is 2.16. The van der Waals surface area contributed by atoms with Crippen molar-refractivity contribution in [2.24, 2.45) is 0 Å². The zero-order chi connectivity index (χ0) is 14.7. The van der Waals surface area contributed by atoms with Crippen LogP contribution in [0.2, 0.25) is 0 Å². The van der Waals surface area contributed by atoms with E-state index in [4.69, 9.17) is 5.11 Å². The topological polar surface area (TPSA) is 72.2 Å². The largest absolute Gasteiger partial charge is 0.478 e. The van der Waals surface area contributed by atoms with Gasteiger partial charge in [-0.3, -0.25) is 4.79 Å². The van der Waals surface area contributed by atoms with Gasteiger partial charge in [-0.1, -0.05) is 34.1 Å². The van der Waals surface area contributed by atoms with Gasteiger partial charge in [-0.05, 0) is 25.0 Å². The number of carbonyl (C=O) groups is 1. The molecule has 0 amide bonds. The average Bonchev–Trinajstić information content (AvgIpc) is 2.40. The van der Waals surface area contributed by atoms with Crippen LogP contribution in [0, 0.1) is 6.92 Å². The number of rotatable bonds is 4. The zero-order valence-electron chi connectivity index (χ0n) is 10.8. The van der Waals surface area contributed by atoms with Crippen LogP contribution in [0.15, 0.2) is 39.6 Å². The van der Waals surface area contributed by atoms with Gasteiger partial charge in [-0.2, -0.15) is 5.10 Å². The van der Waals surface area contributed by atoms with E-state index >= 15 is 0 Å². The lowest BCUT2D eigenvalue weighted by Crippen LogP contribution is -2.26. The summed E-state index contributed by atoms with van der Waals surface area (Å²) in [4.78, 5) is 22.7. The number of carboxylic acid groups (broad SMARTS) is 1. The maximum absolute atomic E-state index is 11.8. The summed E-state index contributed by atoms with van der Waals surface area (Å²) in [5.41, 5.74) is 0.956. The van der Waals surface area contributed by atoms with E-state index in [1.54, 1.807) is 6.92 Å². The van der Waals surface area contributed by atoms with Crippen molar-refractivity contribution in [1.29, 1.82) is 0 Å². The predicted octanol–water partition coefficient (Wildman–Crippen LogP) is 2.26. The summed E-state index contributed by atoms with van der Waals surface area (Å²) in [6, 6.07) is 8.86. The molecule has 5 nitrogen and oxygen atoms in total. The van der Waals surface area contributed by atoms with Crippen LogP contribution < -0.4 is 5.56 Å². The first-order valence-electron chi connectivity index (χ1n) is 6.04. The molecular formula is C14H13BrN2O3. The van der Waals surface area contributed by atoms with Gasteiger partial charge in [0.25, 0.3) is 5.56 Å². The number of hydrogen-bond acceptors (Lipinski definition) is 3. The van der Waals surface area contributed by atoms with Crippen LogP contribution in [0.25, 0.3) is 0 Å². The first-order valence-corrected chi connectivity index (χ1v) is 6.84. The van der Waals surface area contributed by atoms with Crippen molar-refractivity contribution in [2.45, 2.75) is 19.9 Å². The van der Waals surface area contributed by atoms with Gasteiger partial charge < -0.3 is 5.11 Å². The molecule has 1 aromatic carbocycles. The molecule has 0 saturated carbocycles. The highest BCUT2D eigenvalue weighted by molar-refractivity contribution is 9.10. The average molecular weight is 337 g/mol. The van der Waals surface area contributed by atoms with Crippen molar-refractivity contribution in [3.63, 3.8) is 0 Å². The minimum atomic E-state index is -1.13. The van der Waals surface area contributed by atoms with Gasteiger partial charge in [0, 0.05) is 17.1 Å².